The molecule has 0 radical (unpaired) electrons. The number of carboxylic acids is 1. The molecule has 1 aliphatic heterocycles. The Hall–Kier alpha value is -2.71. The third-order valence-electron chi connectivity index (χ3n) is 3.81. The van der Waals surface area contributed by atoms with Gasteiger partial charge in [0, 0.05) is 7.05 Å². The number of carboxylic acid groups (broad SMARTS) is 1. The van der Waals surface area contributed by atoms with E-state index in [1.807, 2.05) is 0 Å². The van der Waals surface area contributed by atoms with Gasteiger partial charge in [0.1, 0.15) is 12.6 Å². The van der Waals surface area contributed by atoms with Crippen molar-refractivity contribution in [1.82, 2.24) is 9.80 Å². The van der Waals surface area contributed by atoms with Crippen LogP contribution in [0.4, 0.5) is 13.6 Å². The van der Waals surface area contributed by atoms with Crippen molar-refractivity contribution in [1.29, 1.82) is 0 Å². The maximum absolute atomic E-state index is 12.8. The summed E-state index contributed by atoms with van der Waals surface area (Å²) in [5, 5.41) is 9.23. The maximum Gasteiger partial charge on any atom is 0.410 e. The third kappa shape index (κ3) is 4.88. The zero-order chi connectivity index (χ0) is 18.6. The summed E-state index contributed by atoms with van der Waals surface area (Å²) in [7, 11) is 1.18. The van der Waals surface area contributed by atoms with E-state index in [0.29, 0.717) is 0 Å². The summed E-state index contributed by atoms with van der Waals surface area (Å²) in [6.07, 6.45) is -1.51. The van der Waals surface area contributed by atoms with E-state index in [1.165, 1.54) is 7.05 Å². The van der Waals surface area contributed by atoms with Crippen LogP contribution in [0.25, 0.3) is 0 Å². The summed E-state index contributed by atoms with van der Waals surface area (Å²) in [6, 6.07) is 7.28. The van der Waals surface area contributed by atoms with E-state index < -0.39 is 49.4 Å². The molecule has 1 heterocycles. The fourth-order valence-corrected chi connectivity index (χ4v) is 2.32. The number of alkyl halides is 2. The molecule has 1 aromatic carbocycles. The topological polar surface area (TPSA) is 87.2 Å². The Morgan fingerprint density at radius 3 is 2.40 bits per heavy atom. The molecule has 2 rings (SSSR count). The minimum Gasteiger partial charge on any atom is -0.480 e. The van der Waals surface area contributed by atoms with Gasteiger partial charge in [0.15, 0.2) is 0 Å². The average Bonchev–Trinajstić information content (AvgIpc) is 2.55. The van der Waals surface area contributed by atoms with Crippen LogP contribution in [0.3, 0.4) is 0 Å². The lowest BCUT2D eigenvalue weighted by atomic mass is 10.1. The van der Waals surface area contributed by atoms with Crippen LogP contribution in [0.2, 0.25) is 0 Å². The largest absolute Gasteiger partial charge is 0.480 e. The Morgan fingerprint density at radius 2 is 1.88 bits per heavy atom. The maximum atomic E-state index is 12.8. The lowest BCUT2D eigenvalue weighted by molar-refractivity contribution is -0.168. The van der Waals surface area contributed by atoms with E-state index >= 15 is 0 Å². The first-order valence-electron chi connectivity index (χ1n) is 7.51. The number of likely N-dealkylation sites (N-methyl/N-ethyl adjacent to an activating group) is 1. The van der Waals surface area contributed by atoms with Gasteiger partial charge in [-0.25, -0.2) is 18.4 Å². The second kappa shape index (κ2) is 7.45. The van der Waals surface area contributed by atoms with E-state index in [9.17, 15) is 28.3 Å². The van der Waals surface area contributed by atoms with E-state index in [0.717, 1.165) is 15.4 Å². The summed E-state index contributed by atoms with van der Waals surface area (Å²) in [5.74, 6) is -5.10. The van der Waals surface area contributed by atoms with Gasteiger partial charge in [-0.2, -0.15) is 0 Å². The van der Waals surface area contributed by atoms with E-state index in [2.05, 4.69) is 0 Å². The van der Waals surface area contributed by atoms with Crippen molar-refractivity contribution in [3.05, 3.63) is 35.9 Å². The second-order valence-electron chi connectivity index (χ2n) is 5.81. The summed E-state index contributed by atoms with van der Waals surface area (Å²) >= 11 is 0. The molecule has 0 aliphatic carbocycles. The van der Waals surface area contributed by atoms with Crippen molar-refractivity contribution in [2.24, 2.45) is 0 Å². The number of amides is 2. The number of carbonyl (C=O) groups is 3. The number of halogens is 2. The number of rotatable bonds is 6. The summed E-state index contributed by atoms with van der Waals surface area (Å²) in [6.45, 7) is -1.52. The monoisotopic (exact) mass is 356 g/mol. The molecule has 7 nitrogen and oxygen atoms in total. The van der Waals surface area contributed by atoms with Gasteiger partial charge < -0.3 is 14.7 Å². The molecular weight excluding hydrogens is 338 g/mol. The normalized spacial score (nSPS) is 16.5. The lowest BCUT2D eigenvalue weighted by Crippen LogP contribution is -2.59. The van der Waals surface area contributed by atoms with Crippen molar-refractivity contribution in [2.45, 2.75) is 25.0 Å². The molecule has 1 atom stereocenters. The highest BCUT2D eigenvalue weighted by atomic mass is 19.3. The fourth-order valence-electron chi connectivity index (χ4n) is 2.32. The number of carbonyl (C=O) groups excluding carboxylic acids is 2. The van der Waals surface area contributed by atoms with Gasteiger partial charge in [0.2, 0.25) is 5.91 Å². The Balaban J connectivity index is 1.90. The van der Waals surface area contributed by atoms with Crippen molar-refractivity contribution in [3.63, 3.8) is 0 Å². The Bertz CT molecular complexity index is 645. The van der Waals surface area contributed by atoms with Gasteiger partial charge in [0.05, 0.1) is 19.5 Å². The molecule has 0 spiro atoms. The summed E-state index contributed by atoms with van der Waals surface area (Å²) < 4.78 is 30.6. The first-order valence-corrected chi connectivity index (χ1v) is 7.51. The molecule has 1 fully saturated rings. The van der Waals surface area contributed by atoms with Gasteiger partial charge >= 0.3 is 12.1 Å². The van der Waals surface area contributed by atoms with Crippen molar-refractivity contribution in [2.75, 3.05) is 20.1 Å². The first kappa shape index (κ1) is 18.6. The minimum absolute atomic E-state index is 0.0529. The zero-order valence-electron chi connectivity index (χ0n) is 13.5. The molecule has 136 valence electrons. The quantitative estimate of drug-likeness (QED) is 0.836. The van der Waals surface area contributed by atoms with Gasteiger partial charge in [-0.05, 0) is 5.56 Å². The van der Waals surface area contributed by atoms with Crippen LogP contribution in [-0.2, 0) is 20.9 Å². The summed E-state index contributed by atoms with van der Waals surface area (Å²) in [4.78, 5) is 36.9. The molecular formula is C16H18F2N2O5. The van der Waals surface area contributed by atoms with Crippen molar-refractivity contribution >= 4 is 18.0 Å². The highest BCUT2D eigenvalue weighted by Gasteiger charge is 2.47. The van der Waals surface area contributed by atoms with E-state index in [4.69, 9.17) is 4.74 Å². The Labute approximate surface area is 142 Å². The van der Waals surface area contributed by atoms with Crippen LogP contribution < -0.4 is 0 Å². The Morgan fingerprint density at radius 1 is 1.28 bits per heavy atom. The van der Waals surface area contributed by atoms with Crippen LogP contribution in [0, 0.1) is 0 Å². The van der Waals surface area contributed by atoms with Crippen LogP contribution in [0.5, 0.6) is 0 Å². The smallest absolute Gasteiger partial charge is 0.410 e. The number of hydrogen-bond donors (Lipinski definition) is 1. The summed E-state index contributed by atoms with van der Waals surface area (Å²) in [5.41, 5.74) is 0.718. The van der Waals surface area contributed by atoms with Crippen molar-refractivity contribution in [3.8, 4) is 0 Å². The van der Waals surface area contributed by atoms with E-state index in [1.54, 1.807) is 30.3 Å². The second-order valence-corrected chi connectivity index (χ2v) is 5.81. The molecule has 9 heteroatoms. The number of ether oxygens (including phenoxy) is 1. The van der Waals surface area contributed by atoms with Crippen molar-refractivity contribution < 1.29 is 33.0 Å². The lowest BCUT2D eigenvalue weighted by Gasteiger charge is -2.39. The molecule has 0 bridgehead atoms. The Kier molecular flexibility index (Phi) is 5.55. The molecule has 1 N–H and O–H groups in total. The molecule has 0 saturated carbocycles. The minimum atomic E-state index is -2.94. The molecule has 1 aromatic rings. The SMILES string of the molecule is CN(C(=O)OCc1ccccc1)[C@@H](CC(=O)N1CC(F)(F)C1)C(=O)O. The molecule has 0 unspecified atom stereocenters. The molecule has 1 saturated heterocycles. The fraction of sp³-hybridized carbons (Fsp3) is 0.438. The molecule has 2 amide bonds. The van der Waals surface area contributed by atoms with E-state index in [-0.39, 0.29) is 6.61 Å². The highest BCUT2D eigenvalue weighted by Crippen LogP contribution is 2.27. The van der Waals surface area contributed by atoms with Gasteiger partial charge in [0.25, 0.3) is 5.92 Å². The van der Waals surface area contributed by atoms with Crippen LogP contribution >= 0.6 is 0 Å². The molecule has 1 aliphatic rings. The standard InChI is InChI=1S/C16H18F2N2O5/c1-19(15(24)25-8-11-5-3-2-4-6-11)12(14(22)23)7-13(21)20-9-16(17,18)10-20/h2-6,12H,7-10H2,1H3,(H,22,23)/t12-/m0/s1. The predicted octanol–water partition coefficient (Wildman–Crippen LogP) is 1.58. The number of benzene rings is 1. The van der Waals surface area contributed by atoms with Gasteiger partial charge in [-0.15, -0.1) is 0 Å². The van der Waals surface area contributed by atoms with Gasteiger partial charge in [-0.3, -0.25) is 9.69 Å². The number of hydrogen-bond acceptors (Lipinski definition) is 4. The predicted molar refractivity (Wildman–Crippen MR) is 82.0 cm³/mol. The number of aliphatic carboxylic acids is 1. The third-order valence-corrected chi connectivity index (χ3v) is 3.81. The first-order chi connectivity index (χ1) is 11.7. The number of nitrogens with zero attached hydrogens (tertiary/aromatic N) is 2. The van der Waals surface area contributed by atoms with Crippen LogP contribution in [0.1, 0.15) is 12.0 Å². The molecule has 0 aromatic heterocycles. The average molecular weight is 356 g/mol. The number of likely N-dealkylation sites (tertiary alicyclic amines) is 1. The highest BCUT2D eigenvalue weighted by molar-refractivity contribution is 5.87. The van der Waals surface area contributed by atoms with Crippen LogP contribution in [-0.4, -0.2) is 65.0 Å². The van der Waals surface area contributed by atoms with Gasteiger partial charge in [-0.1, -0.05) is 30.3 Å². The van der Waals surface area contributed by atoms with Crippen LogP contribution in [0.15, 0.2) is 30.3 Å². The zero-order valence-corrected chi connectivity index (χ0v) is 13.5. The molecule has 25 heavy (non-hydrogen) atoms.